The van der Waals surface area contributed by atoms with Gasteiger partial charge in [-0.2, -0.15) is 0 Å². The van der Waals surface area contributed by atoms with Crippen molar-refractivity contribution in [3.8, 4) is 0 Å². The van der Waals surface area contributed by atoms with Crippen LogP contribution >= 0.6 is 0 Å². The molecule has 102 valence electrons. The normalized spacial score (nSPS) is 14.1. The van der Waals surface area contributed by atoms with E-state index in [1.807, 2.05) is 42.2 Å². The van der Waals surface area contributed by atoms with Gasteiger partial charge in [-0.3, -0.25) is 4.79 Å². The summed E-state index contributed by atoms with van der Waals surface area (Å²) in [5.41, 5.74) is 2.60. The van der Waals surface area contributed by atoms with E-state index < -0.39 is 0 Å². The Labute approximate surface area is 119 Å². The van der Waals surface area contributed by atoms with Crippen LogP contribution in [0.15, 0.2) is 48.5 Å². The van der Waals surface area contributed by atoms with Crippen molar-refractivity contribution in [2.75, 3.05) is 0 Å². The van der Waals surface area contributed by atoms with Gasteiger partial charge < -0.3 is 4.90 Å². The Bertz CT molecular complexity index is 605. The van der Waals surface area contributed by atoms with E-state index in [1.165, 1.54) is 5.56 Å². The van der Waals surface area contributed by atoms with Crippen LogP contribution in [0, 0.1) is 6.92 Å². The quantitative estimate of drug-likeness (QED) is 0.851. The standard InChI is InChI=1S/C17H18N2O/c1-13-6-5-9-16(18-13)17(20)19(15-10-11-15)12-14-7-3-2-4-8-14/h2-9,15H,10-12H2,1H3. The number of pyridine rings is 1. The van der Waals surface area contributed by atoms with Crippen molar-refractivity contribution in [2.24, 2.45) is 0 Å². The minimum atomic E-state index is 0.0417. The van der Waals surface area contributed by atoms with Gasteiger partial charge in [-0.05, 0) is 37.5 Å². The number of rotatable bonds is 4. The Morgan fingerprint density at radius 2 is 1.90 bits per heavy atom. The molecule has 2 aromatic rings. The third-order valence-electron chi connectivity index (χ3n) is 3.55. The highest BCUT2D eigenvalue weighted by Gasteiger charge is 2.33. The molecule has 1 aromatic heterocycles. The molecule has 3 rings (SSSR count). The first kappa shape index (κ1) is 12.9. The highest BCUT2D eigenvalue weighted by atomic mass is 16.2. The maximum atomic E-state index is 12.6. The highest BCUT2D eigenvalue weighted by molar-refractivity contribution is 5.92. The molecule has 20 heavy (non-hydrogen) atoms. The van der Waals surface area contributed by atoms with Crippen LogP contribution in [-0.4, -0.2) is 21.8 Å². The molecule has 1 fully saturated rings. The Kier molecular flexibility index (Phi) is 3.50. The summed E-state index contributed by atoms with van der Waals surface area (Å²) in [6.07, 6.45) is 2.20. The molecular formula is C17H18N2O. The lowest BCUT2D eigenvalue weighted by Crippen LogP contribution is -2.33. The number of aromatic nitrogens is 1. The van der Waals surface area contributed by atoms with Gasteiger partial charge >= 0.3 is 0 Å². The summed E-state index contributed by atoms with van der Waals surface area (Å²) in [7, 11) is 0. The third kappa shape index (κ3) is 2.87. The lowest BCUT2D eigenvalue weighted by Gasteiger charge is -2.22. The first-order chi connectivity index (χ1) is 9.74. The zero-order valence-corrected chi connectivity index (χ0v) is 11.6. The smallest absolute Gasteiger partial charge is 0.273 e. The zero-order chi connectivity index (χ0) is 13.9. The molecule has 3 nitrogen and oxygen atoms in total. The molecule has 0 radical (unpaired) electrons. The number of nitrogens with zero attached hydrogens (tertiary/aromatic N) is 2. The predicted octanol–water partition coefficient (Wildman–Crippen LogP) is 3.19. The number of carbonyl (C=O) groups is 1. The van der Waals surface area contributed by atoms with Gasteiger partial charge in [0.25, 0.3) is 5.91 Å². The van der Waals surface area contributed by atoms with Gasteiger partial charge in [0.2, 0.25) is 0 Å². The monoisotopic (exact) mass is 266 g/mol. The van der Waals surface area contributed by atoms with Crippen molar-refractivity contribution in [3.05, 3.63) is 65.5 Å². The Hall–Kier alpha value is -2.16. The number of benzene rings is 1. The molecule has 0 aliphatic heterocycles. The summed E-state index contributed by atoms with van der Waals surface area (Å²) >= 11 is 0. The second-order valence-corrected chi connectivity index (χ2v) is 5.31. The molecule has 1 amide bonds. The minimum absolute atomic E-state index is 0.0417. The summed E-state index contributed by atoms with van der Waals surface area (Å²) in [5.74, 6) is 0.0417. The van der Waals surface area contributed by atoms with Crippen LogP contribution in [0.25, 0.3) is 0 Å². The second-order valence-electron chi connectivity index (χ2n) is 5.31. The van der Waals surface area contributed by atoms with E-state index in [2.05, 4.69) is 17.1 Å². The van der Waals surface area contributed by atoms with Gasteiger partial charge in [-0.15, -0.1) is 0 Å². The lowest BCUT2D eigenvalue weighted by atomic mass is 10.2. The van der Waals surface area contributed by atoms with E-state index in [4.69, 9.17) is 0 Å². The van der Waals surface area contributed by atoms with Crippen LogP contribution in [0.4, 0.5) is 0 Å². The van der Waals surface area contributed by atoms with E-state index in [9.17, 15) is 4.79 Å². The first-order valence-corrected chi connectivity index (χ1v) is 7.02. The summed E-state index contributed by atoms with van der Waals surface area (Å²) in [6.45, 7) is 2.58. The SMILES string of the molecule is Cc1cccc(C(=O)N(Cc2ccccc2)C2CC2)n1. The van der Waals surface area contributed by atoms with Crippen LogP contribution in [0.5, 0.6) is 0 Å². The van der Waals surface area contributed by atoms with Crippen LogP contribution < -0.4 is 0 Å². The maximum Gasteiger partial charge on any atom is 0.273 e. The highest BCUT2D eigenvalue weighted by Crippen LogP contribution is 2.29. The predicted molar refractivity (Wildman–Crippen MR) is 78.3 cm³/mol. The molecule has 0 bridgehead atoms. The Morgan fingerprint density at radius 3 is 2.55 bits per heavy atom. The van der Waals surface area contributed by atoms with Gasteiger partial charge in [-0.25, -0.2) is 4.98 Å². The molecule has 0 spiro atoms. The fraction of sp³-hybridized carbons (Fsp3) is 0.294. The van der Waals surface area contributed by atoms with E-state index in [1.54, 1.807) is 6.07 Å². The fourth-order valence-corrected chi connectivity index (χ4v) is 2.34. The first-order valence-electron chi connectivity index (χ1n) is 7.02. The van der Waals surface area contributed by atoms with Crippen molar-refractivity contribution in [2.45, 2.75) is 32.4 Å². The van der Waals surface area contributed by atoms with Gasteiger partial charge in [0.1, 0.15) is 5.69 Å². The molecule has 1 aliphatic carbocycles. The van der Waals surface area contributed by atoms with E-state index in [0.717, 1.165) is 18.5 Å². The molecular weight excluding hydrogens is 248 g/mol. The second kappa shape index (κ2) is 5.45. The average Bonchev–Trinajstić information content (AvgIpc) is 3.30. The van der Waals surface area contributed by atoms with Crippen LogP contribution in [0.1, 0.15) is 34.6 Å². The molecule has 1 saturated carbocycles. The van der Waals surface area contributed by atoms with Crippen molar-refractivity contribution >= 4 is 5.91 Å². The van der Waals surface area contributed by atoms with E-state index in [0.29, 0.717) is 18.3 Å². The molecule has 0 atom stereocenters. The van der Waals surface area contributed by atoms with Gasteiger partial charge in [0.15, 0.2) is 0 Å². The summed E-state index contributed by atoms with van der Waals surface area (Å²) < 4.78 is 0. The zero-order valence-electron chi connectivity index (χ0n) is 11.6. The molecule has 3 heteroatoms. The Morgan fingerprint density at radius 1 is 1.15 bits per heavy atom. The number of amides is 1. The number of hydrogen-bond acceptors (Lipinski definition) is 2. The third-order valence-corrected chi connectivity index (χ3v) is 3.55. The van der Waals surface area contributed by atoms with Gasteiger partial charge in [-0.1, -0.05) is 36.4 Å². The summed E-state index contributed by atoms with van der Waals surface area (Å²) in [6, 6.07) is 16.1. The van der Waals surface area contributed by atoms with E-state index in [-0.39, 0.29) is 5.91 Å². The largest absolute Gasteiger partial charge is 0.330 e. The molecule has 0 unspecified atom stereocenters. The van der Waals surface area contributed by atoms with Crippen molar-refractivity contribution in [3.63, 3.8) is 0 Å². The number of aryl methyl sites for hydroxylation is 1. The molecule has 1 heterocycles. The molecule has 1 aromatic carbocycles. The average molecular weight is 266 g/mol. The summed E-state index contributed by atoms with van der Waals surface area (Å²) in [5, 5.41) is 0. The topological polar surface area (TPSA) is 33.2 Å². The van der Waals surface area contributed by atoms with Crippen LogP contribution in [-0.2, 0) is 6.54 Å². The lowest BCUT2D eigenvalue weighted by molar-refractivity contribution is 0.0723. The Balaban J connectivity index is 1.82. The fourth-order valence-electron chi connectivity index (χ4n) is 2.34. The maximum absolute atomic E-state index is 12.6. The van der Waals surface area contributed by atoms with Crippen LogP contribution in [0.3, 0.4) is 0 Å². The van der Waals surface area contributed by atoms with Crippen LogP contribution in [0.2, 0.25) is 0 Å². The molecule has 0 N–H and O–H groups in total. The van der Waals surface area contributed by atoms with Crippen molar-refractivity contribution in [1.82, 2.24) is 9.88 Å². The number of hydrogen-bond donors (Lipinski definition) is 0. The molecule has 0 saturated heterocycles. The van der Waals surface area contributed by atoms with Crippen molar-refractivity contribution < 1.29 is 4.79 Å². The minimum Gasteiger partial charge on any atom is -0.330 e. The summed E-state index contributed by atoms with van der Waals surface area (Å²) in [4.78, 5) is 19.0. The van der Waals surface area contributed by atoms with Crippen molar-refractivity contribution in [1.29, 1.82) is 0 Å². The molecule has 1 aliphatic rings. The van der Waals surface area contributed by atoms with E-state index >= 15 is 0 Å². The van der Waals surface area contributed by atoms with Gasteiger partial charge in [0, 0.05) is 18.3 Å². The number of carbonyl (C=O) groups excluding carboxylic acids is 1. The van der Waals surface area contributed by atoms with Gasteiger partial charge in [0.05, 0.1) is 0 Å².